The van der Waals surface area contributed by atoms with Crippen LogP contribution >= 0.6 is 0 Å². The number of halogens is 1. The molecule has 0 aromatic rings. The summed E-state index contributed by atoms with van der Waals surface area (Å²) in [5, 5.41) is 0. The zero-order valence-electron chi connectivity index (χ0n) is 6.36. The van der Waals surface area contributed by atoms with Gasteiger partial charge >= 0.3 is 68.6 Å². The van der Waals surface area contributed by atoms with Crippen molar-refractivity contribution in [2.45, 2.75) is 26.2 Å². The van der Waals surface area contributed by atoms with E-state index < -0.39 is 0 Å². The molecule has 1 fully saturated rings. The third kappa shape index (κ3) is 2.44. The first kappa shape index (κ1) is 7.83. The van der Waals surface area contributed by atoms with Gasteiger partial charge in [0.15, 0.2) is 0 Å². The third-order valence-corrected chi connectivity index (χ3v) is 4.30. The van der Waals surface area contributed by atoms with E-state index >= 15 is 0 Å². The Labute approximate surface area is 68.7 Å². The fourth-order valence-corrected chi connectivity index (χ4v) is 3.73. The molecule has 0 amide bonds. The average molecular weight is 239 g/mol. The molecule has 1 rings (SSSR count). The molecule has 0 radical (unpaired) electrons. The van der Waals surface area contributed by atoms with E-state index in [1.165, 1.54) is 19.3 Å². The standard InChI is InChI=1S/C8H16I/c1-7-3-4-8(5-7)6-9-2/h7-8H,3-6H2,1-2H3/q-1. The molecular formula is C8H16I-. The fraction of sp³-hybridized carbons (Fsp3) is 1.00. The Morgan fingerprint density at radius 2 is 2.22 bits per heavy atom. The molecule has 0 aliphatic heterocycles. The molecule has 1 aliphatic rings. The zero-order valence-corrected chi connectivity index (χ0v) is 8.52. The molecule has 0 spiro atoms. The Hall–Kier alpha value is 0.730. The van der Waals surface area contributed by atoms with E-state index in [1.807, 2.05) is 0 Å². The van der Waals surface area contributed by atoms with Crippen LogP contribution in [-0.4, -0.2) is 9.36 Å². The van der Waals surface area contributed by atoms with Gasteiger partial charge in [0.1, 0.15) is 0 Å². The molecule has 1 heteroatoms. The normalized spacial score (nSPS) is 35.8. The van der Waals surface area contributed by atoms with Crippen LogP contribution in [0.3, 0.4) is 0 Å². The van der Waals surface area contributed by atoms with E-state index in [0.717, 1.165) is 11.8 Å². The summed E-state index contributed by atoms with van der Waals surface area (Å²) in [6.45, 7) is 2.40. The minimum atomic E-state index is 0.575. The van der Waals surface area contributed by atoms with E-state index in [4.69, 9.17) is 0 Å². The summed E-state index contributed by atoms with van der Waals surface area (Å²) in [6.07, 6.45) is 4.58. The average Bonchev–Trinajstić information content (AvgIpc) is 2.17. The van der Waals surface area contributed by atoms with Gasteiger partial charge in [0.2, 0.25) is 0 Å². The molecule has 0 aromatic carbocycles. The fourth-order valence-electron chi connectivity index (χ4n) is 1.68. The zero-order chi connectivity index (χ0) is 6.69. The van der Waals surface area contributed by atoms with Crippen molar-refractivity contribution in [2.24, 2.45) is 11.8 Å². The van der Waals surface area contributed by atoms with Crippen molar-refractivity contribution >= 4 is 0 Å². The van der Waals surface area contributed by atoms with Crippen molar-refractivity contribution in [3.05, 3.63) is 0 Å². The summed E-state index contributed by atoms with van der Waals surface area (Å²) >= 11 is 0.575. The number of hydrogen-bond donors (Lipinski definition) is 0. The molecule has 9 heavy (non-hydrogen) atoms. The second-order valence-electron chi connectivity index (χ2n) is 3.21. The van der Waals surface area contributed by atoms with E-state index in [9.17, 15) is 0 Å². The predicted octanol–water partition coefficient (Wildman–Crippen LogP) is -0.859. The molecule has 2 atom stereocenters. The van der Waals surface area contributed by atoms with E-state index in [2.05, 4.69) is 11.9 Å². The molecule has 2 unspecified atom stereocenters. The van der Waals surface area contributed by atoms with Gasteiger partial charge in [-0.15, -0.1) is 0 Å². The van der Waals surface area contributed by atoms with Crippen LogP contribution in [-0.2, 0) is 0 Å². The molecule has 0 aromatic heterocycles. The van der Waals surface area contributed by atoms with E-state index in [1.54, 1.807) is 4.43 Å². The third-order valence-electron chi connectivity index (χ3n) is 2.18. The Kier molecular flexibility index (Phi) is 3.30. The molecule has 1 aliphatic carbocycles. The molecule has 0 saturated heterocycles. The first-order chi connectivity index (χ1) is 4.33. The Morgan fingerprint density at radius 3 is 2.67 bits per heavy atom. The van der Waals surface area contributed by atoms with Crippen LogP contribution in [0.5, 0.6) is 0 Å². The number of hydrogen-bond acceptors (Lipinski definition) is 0. The van der Waals surface area contributed by atoms with Gasteiger partial charge in [-0.2, -0.15) is 0 Å². The molecule has 0 bridgehead atoms. The summed E-state index contributed by atoms with van der Waals surface area (Å²) in [5.41, 5.74) is 0. The Balaban J connectivity index is 2.14. The molecule has 0 heterocycles. The quantitative estimate of drug-likeness (QED) is 0.434. The maximum atomic E-state index is 2.40. The van der Waals surface area contributed by atoms with Crippen molar-refractivity contribution in [1.82, 2.24) is 0 Å². The Bertz CT molecular complexity index is 78.6. The van der Waals surface area contributed by atoms with Crippen LogP contribution < -0.4 is 21.2 Å². The summed E-state index contributed by atoms with van der Waals surface area (Å²) < 4.78 is 1.59. The van der Waals surface area contributed by atoms with Crippen molar-refractivity contribution in [3.63, 3.8) is 0 Å². The Morgan fingerprint density at radius 1 is 1.44 bits per heavy atom. The predicted molar refractivity (Wildman–Crippen MR) is 37.3 cm³/mol. The van der Waals surface area contributed by atoms with Crippen molar-refractivity contribution in [1.29, 1.82) is 0 Å². The van der Waals surface area contributed by atoms with Crippen LogP contribution in [0.15, 0.2) is 0 Å². The van der Waals surface area contributed by atoms with Crippen LogP contribution in [0, 0.1) is 11.8 Å². The van der Waals surface area contributed by atoms with Crippen LogP contribution in [0.1, 0.15) is 26.2 Å². The maximum absolute atomic E-state index is 2.40. The van der Waals surface area contributed by atoms with Crippen LogP contribution in [0.2, 0.25) is 0 Å². The van der Waals surface area contributed by atoms with Gasteiger partial charge in [0, 0.05) is 0 Å². The topological polar surface area (TPSA) is 0 Å². The second-order valence-corrected chi connectivity index (χ2v) is 5.61. The van der Waals surface area contributed by atoms with Crippen molar-refractivity contribution in [3.8, 4) is 0 Å². The van der Waals surface area contributed by atoms with Crippen molar-refractivity contribution < 1.29 is 21.2 Å². The van der Waals surface area contributed by atoms with Crippen molar-refractivity contribution in [2.75, 3.05) is 9.36 Å². The van der Waals surface area contributed by atoms with Gasteiger partial charge in [-0.1, -0.05) is 0 Å². The van der Waals surface area contributed by atoms with Crippen LogP contribution in [0.4, 0.5) is 0 Å². The summed E-state index contributed by atoms with van der Waals surface area (Å²) in [5.74, 6) is 2.18. The number of rotatable bonds is 2. The molecule has 56 valence electrons. The minimum absolute atomic E-state index is 0.575. The van der Waals surface area contributed by atoms with Gasteiger partial charge in [-0.25, -0.2) is 0 Å². The summed E-state index contributed by atoms with van der Waals surface area (Å²) in [7, 11) is 0. The van der Waals surface area contributed by atoms with Gasteiger partial charge < -0.3 is 0 Å². The molecular weight excluding hydrogens is 223 g/mol. The summed E-state index contributed by atoms with van der Waals surface area (Å²) in [4.78, 5) is 2.40. The number of alkyl halides is 2. The molecule has 0 nitrogen and oxygen atoms in total. The monoisotopic (exact) mass is 239 g/mol. The SMILES string of the molecule is C[I-]CC1CCC(C)C1. The molecule has 1 saturated carbocycles. The van der Waals surface area contributed by atoms with Gasteiger partial charge in [-0.3, -0.25) is 0 Å². The second kappa shape index (κ2) is 3.79. The first-order valence-electron chi connectivity index (χ1n) is 3.76. The van der Waals surface area contributed by atoms with E-state index in [0.29, 0.717) is 21.2 Å². The summed E-state index contributed by atoms with van der Waals surface area (Å²) in [6, 6.07) is 0. The van der Waals surface area contributed by atoms with Gasteiger partial charge in [0.25, 0.3) is 0 Å². The first-order valence-corrected chi connectivity index (χ1v) is 7.45. The van der Waals surface area contributed by atoms with Gasteiger partial charge in [-0.05, 0) is 0 Å². The van der Waals surface area contributed by atoms with Crippen LogP contribution in [0.25, 0.3) is 0 Å². The van der Waals surface area contributed by atoms with Gasteiger partial charge in [0.05, 0.1) is 0 Å². The molecule has 0 N–H and O–H groups in total. The van der Waals surface area contributed by atoms with E-state index in [-0.39, 0.29) is 0 Å².